The van der Waals surface area contributed by atoms with E-state index in [1.54, 1.807) is 29.3 Å². The molecule has 2 nitrogen and oxygen atoms in total. The van der Waals surface area contributed by atoms with E-state index in [0.717, 1.165) is 0 Å². The highest BCUT2D eigenvalue weighted by Gasteiger charge is 2.43. The Hall–Kier alpha value is -1.26. The molecule has 1 fully saturated rings. The van der Waals surface area contributed by atoms with Crippen LogP contribution in [0.2, 0.25) is 0 Å². The van der Waals surface area contributed by atoms with Crippen molar-refractivity contribution in [2.75, 3.05) is 18.0 Å². The van der Waals surface area contributed by atoms with Gasteiger partial charge in [-0.25, -0.2) is 4.98 Å². The van der Waals surface area contributed by atoms with E-state index in [1.165, 1.54) is 0 Å². The van der Waals surface area contributed by atoms with Crippen LogP contribution in [-0.2, 0) is 0 Å². The summed E-state index contributed by atoms with van der Waals surface area (Å²) in [6.07, 6.45) is -2.32. The molecular weight excluding hydrogens is 205 g/mol. The van der Waals surface area contributed by atoms with Gasteiger partial charge in [0.2, 0.25) is 0 Å². The molecule has 0 amide bonds. The van der Waals surface area contributed by atoms with Crippen molar-refractivity contribution < 1.29 is 13.2 Å². The molecule has 5 heteroatoms. The summed E-state index contributed by atoms with van der Waals surface area (Å²) >= 11 is 0. The Kier molecular flexibility index (Phi) is 2.54. The molecule has 1 aromatic heterocycles. The molecule has 1 aliphatic heterocycles. The van der Waals surface area contributed by atoms with Gasteiger partial charge in [-0.2, -0.15) is 13.2 Å². The number of rotatable bonds is 1. The smallest absolute Gasteiger partial charge is 0.356 e. The van der Waals surface area contributed by atoms with Gasteiger partial charge in [0.1, 0.15) is 5.82 Å². The normalized spacial score (nSPS) is 22.1. The summed E-state index contributed by atoms with van der Waals surface area (Å²) < 4.78 is 37.2. The molecule has 0 unspecified atom stereocenters. The molecule has 0 bridgehead atoms. The fraction of sp³-hybridized carbons (Fsp3) is 0.500. The van der Waals surface area contributed by atoms with Gasteiger partial charge >= 0.3 is 6.18 Å². The predicted octanol–water partition coefficient (Wildman–Crippen LogP) is 2.47. The molecule has 82 valence electrons. The molecule has 1 atom stereocenters. The minimum absolute atomic E-state index is 0.0283. The van der Waals surface area contributed by atoms with Crippen LogP contribution in [-0.4, -0.2) is 24.2 Å². The van der Waals surface area contributed by atoms with E-state index in [1.807, 2.05) is 0 Å². The van der Waals surface area contributed by atoms with Gasteiger partial charge in [0, 0.05) is 19.3 Å². The van der Waals surface area contributed by atoms with Crippen LogP contribution in [0.3, 0.4) is 0 Å². The van der Waals surface area contributed by atoms with Crippen LogP contribution < -0.4 is 4.90 Å². The number of aromatic nitrogens is 1. The summed E-state index contributed by atoms with van der Waals surface area (Å²) in [5.41, 5.74) is 0. The first kappa shape index (κ1) is 10.3. The second kappa shape index (κ2) is 3.72. The lowest BCUT2D eigenvalue weighted by atomic mass is 10.1. The van der Waals surface area contributed by atoms with Crippen LogP contribution in [0.25, 0.3) is 0 Å². The topological polar surface area (TPSA) is 16.1 Å². The monoisotopic (exact) mass is 216 g/mol. The van der Waals surface area contributed by atoms with Gasteiger partial charge in [0.05, 0.1) is 5.92 Å². The molecule has 1 saturated heterocycles. The zero-order valence-corrected chi connectivity index (χ0v) is 8.04. The van der Waals surface area contributed by atoms with Crippen molar-refractivity contribution >= 4 is 5.82 Å². The van der Waals surface area contributed by atoms with Crippen molar-refractivity contribution in [2.24, 2.45) is 5.92 Å². The SMILES string of the molecule is FC(F)(F)[C@@H]1CCN(c2ccccn2)C1. The van der Waals surface area contributed by atoms with Crippen molar-refractivity contribution in [1.29, 1.82) is 0 Å². The zero-order chi connectivity index (χ0) is 10.9. The van der Waals surface area contributed by atoms with E-state index in [2.05, 4.69) is 4.98 Å². The molecular formula is C10H11F3N2. The molecule has 0 radical (unpaired) electrons. The molecule has 0 N–H and O–H groups in total. The Morgan fingerprint density at radius 1 is 1.33 bits per heavy atom. The lowest BCUT2D eigenvalue weighted by Crippen LogP contribution is -2.27. The number of hydrogen-bond donors (Lipinski definition) is 0. The first-order chi connectivity index (χ1) is 7.07. The van der Waals surface area contributed by atoms with Crippen molar-refractivity contribution in [1.82, 2.24) is 4.98 Å². The van der Waals surface area contributed by atoms with Gasteiger partial charge in [-0.3, -0.25) is 0 Å². The number of pyridine rings is 1. The lowest BCUT2D eigenvalue weighted by molar-refractivity contribution is -0.168. The third-order valence-electron chi connectivity index (χ3n) is 2.62. The van der Waals surface area contributed by atoms with E-state index >= 15 is 0 Å². The highest BCUT2D eigenvalue weighted by Crippen LogP contribution is 2.34. The second-order valence-corrected chi connectivity index (χ2v) is 3.66. The van der Waals surface area contributed by atoms with Gasteiger partial charge in [-0.05, 0) is 18.6 Å². The summed E-state index contributed by atoms with van der Waals surface area (Å²) in [7, 11) is 0. The van der Waals surface area contributed by atoms with Crippen molar-refractivity contribution in [3.05, 3.63) is 24.4 Å². The molecule has 2 rings (SSSR count). The maximum atomic E-state index is 12.4. The maximum Gasteiger partial charge on any atom is 0.393 e. The fourth-order valence-corrected chi connectivity index (χ4v) is 1.78. The minimum atomic E-state index is -4.08. The van der Waals surface area contributed by atoms with Crippen molar-refractivity contribution in [3.63, 3.8) is 0 Å². The summed E-state index contributed by atoms with van der Waals surface area (Å²) in [6.45, 7) is 0.460. The second-order valence-electron chi connectivity index (χ2n) is 3.66. The Morgan fingerprint density at radius 3 is 2.67 bits per heavy atom. The average Bonchev–Trinajstić information content (AvgIpc) is 2.67. The molecule has 15 heavy (non-hydrogen) atoms. The van der Waals surface area contributed by atoms with Crippen molar-refractivity contribution in [3.8, 4) is 0 Å². The minimum Gasteiger partial charge on any atom is -0.356 e. The lowest BCUT2D eigenvalue weighted by Gasteiger charge is -2.18. The maximum absolute atomic E-state index is 12.4. The molecule has 0 saturated carbocycles. The van der Waals surface area contributed by atoms with Gasteiger partial charge in [0.15, 0.2) is 0 Å². The Morgan fingerprint density at radius 2 is 2.13 bits per heavy atom. The molecule has 0 aromatic carbocycles. The zero-order valence-electron chi connectivity index (χ0n) is 8.04. The highest BCUT2D eigenvalue weighted by atomic mass is 19.4. The molecule has 1 aromatic rings. The Balaban J connectivity index is 2.05. The summed E-state index contributed by atoms with van der Waals surface area (Å²) in [6, 6.07) is 5.27. The summed E-state index contributed by atoms with van der Waals surface area (Å²) in [4.78, 5) is 5.71. The number of anilines is 1. The quantitative estimate of drug-likeness (QED) is 0.716. The number of nitrogens with zero attached hydrogens (tertiary/aromatic N) is 2. The average molecular weight is 216 g/mol. The highest BCUT2D eigenvalue weighted by molar-refractivity contribution is 5.39. The van der Waals surface area contributed by atoms with E-state index in [-0.39, 0.29) is 13.0 Å². The Bertz CT molecular complexity index is 323. The first-order valence-electron chi connectivity index (χ1n) is 4.80. The summed E-state index contributed by atoms with van der Waals surface area (Å²) in [5.74, 6) is -0.580. The first-order valence-corrected chi connectivity index (χ1v) is 4.80. The van der Waals surface area contributed by atoms with E-state index < -0.39 is 12.1 Å². The molecule has 0 spiro atoms. The van der Waals surface area contributed by atoms with E-state index in [4.69, 9.17) is 0 Å². The Labute approximate surface area is 85.7 Å². The van der Waals surface area contributed by atoms with E-state index in [9.17, 15) is 13.2 Å². The largest absolute Gasteiger partial charge is 0.393 e. The van der Waals surface area contributed by atoms with Gasteiger partial charge in [-0.1, -0.05) is 6.07 Å². The third kappa shape index (κ3) is 2.22. The fourth-order valence-electron chi connectivity index (χ4n) is 1.78. The molecule has 0 aliphatic carbocycles. The van der Waals surface area contributed by atoms with Crippen LogP contribution in [0.4, 0.5) is 19.0 Å². The molecule has 1 aliphatic rings. The number of halogens is 3. The molecule has 2 heterocycles. The van der Waals surface area contributed by atoms with Gasteiger partial charge in [-0.15, -0.1) is 0 Å². The predicted molar refractivity (Wildman–Crippen MR) is 50.6 cm³/mol. The van der Waals surface area contributed by atoms with Crippen LogP contribution in [0.1, 0.15) is 6.42 Å². The van der Waals surface area contributed by atoms with E-state index in [0.29, 0.717) is 12.4 Å². The van der Waals surface area contributed by atoms with Gasteiger partial charge in [0.25, 0.3) is 0 Å². The standard InChI is InChI=1S/C10H11F3N2/c11-10(12,13)8-4-6-15(7-8)9-3-1-2-5-14-9/h1-3,5,8H,4,6-7H2/t8-/m1/s1. The number of hydrogen-bond acceptors (Lipinski definition) is 2. The van der Waals surface area contributed by atoms with Crippen LogP contribution in [0.5, 0.6) is 0 Å². The van der Waals surface area contributed by atoms with Crippen LogP contribution in [0.15, 0.2) is 24.4 Å². The number of alkyl halides is 3. The summed E-state index contributed by atoms with van der Waals surface area (Å²) in [5, 5.41) is 0. The van der Waals surface area contributed by atoms with Crippen LogP contribution in [0, 0.1) is 5.92 Å². The van der Waals surface area contributed by atoms with Gasteiger partial charge < -0.3 is 4.90 Å². The van der Waals surface area contributed by atoms with Crippen LogP contribution >= 0.6 is 0 Å². The van der Waals surface area contributed by atoms with Crippen molar-refractivity contribution in [2.45, 2.75) is 12.6 Å². The third-order valence-corrected chi connectivity index (χ3v) is 2.62.